The maximum absolute atomic E-state index is 13.1. The van der Waals surface area contributed by atoms with Crippen LogP contribution in [-0.2, 0) is 26.2 Å². The van der Waals surface area contributed by atoms with Crippen LogP contribution in [0.25, 0.3) is 0 Å². The zero-order valence-corrected chi connectivity index (χ0v) is 14.9. The predicted octanol–water partition coefficient (Wildman–Crippen LogP) is 1.55. The molecule has 0 aliphatic carbocycles. The lowest BCUT2D eigenvalue weighted by atomic mass is 10.2. The van der Waals surface area contributed by atoms with Crippen molar-refractivity contribution in [3.05, 3.63) is 66.0 Å². The molecule has 5 nitrogen and oxygen atoms in total. The molecule has 2 aromatic rings. The van der Waals surface area contributed by atoms with Gasteiger partial charge in [0.15, 0.2) is 19.7 Å². The van der Waals surface area contributed by atoms with E-state index in [1.54, 1.807) is 0 Å². The van der Waals surface area contributed by atoms with Crippen LogP contribution in [0.3, 0.4) is 0 Å². The van der Waals surface area contributed by atoms with Crippen molar-refractivity contribution in [3.8, 4) is 0 Å². The van der Waals surface area contributed by atoms with Gasteiger partial charge in [-0.25, -0.2) is 21.2 Å². The molecule has 134 valence electrons. The van der Waals surface area contributed by atoms with Crippen LogP contribution in [0, 0.1) is 5.82 Å². The first kappa shape index (κ1) is 18.0. The second kappa shape index (κ2) is 6.86. The largest absolute Gasteiger partial charge is 0.308 e. The molecule has 0 saturated carbocycles. The smallest absolute Gasteiger partial charge is 0.183 e. The van der Waals surface area contributed by atoms with Gasteiger partial charge in [0.25, 0.3) is 0 Å². The molecular weight excluding hydrogens is 365 g/mol. The summed E-state index contributed by atoms with van der Waals surface area (Å²) in [6, 6.07) is 13.1. The van der Waals surface area contributed by atoms with E-state index in [1.165, 1.54) is 12.1 Å². The summed E-state index contributed by atoms with van der Waals surface area (Å²) in [5.74, 6) is -1.21. The Morgan fingerprint density at radius 1 is 1.00 bits per heavy atom. The van der Waals surface area contributed by atoms with Crippen LogP contribution in [0.15, 0.2) is 59.5 Å². The van der Waals surface area contributed by atoms with E-state index in [2.05, 4.69) is 5.32 Å². The topological polar surface area (TPSA) is 80.3 Å². The quantitative estimate of drug-likeness (QED) is 0.793. The number of sulfone groups is 2. The molecule has 0 bridgehead atoms. The summed E-state index contributed by atoms with van der Waals surface area (Å²) in [6.07, 6.45) is 0. The van der Waals surface area contributed by atoms with E-state index in [4.69, 9.17) is 0 Å². The van der Waals surface area contributed by atoms with Crippen LogP contribution in [0.2, 0.25) is 0 Å². The number of halogens is 1. The van der Waals surface area contributed by atoms with Gasteiger partial charge in [0.05, 0.1) is 21.7 Å². The van der Waals surface area contributed by atoms with Crippen molar-refractivity contribution in [1.29, 1.82) is 0 Å². The van der Waals surface area contributed by atoms with Crippen molar-refractivity contribution in [3.63, 3.8) is 0 Å². The number of benzene rings is 2. The van der Waals surface area contributed by atoms with Crippen LogP contribution < -0.4 is 5.32 Å². The van der Waals surface area contributed by atoms with Crippen molar-refractivity contribution < 1.29 is 21.2 Å². The second-order valence-corrected chi connectivity index (χ2v) is 10.4. The summed E-state index contributed by atoms with van der Waals surface area (Å²) in [5.41, 5.74) is 0.935. The summed E-state index contributed by atoms with van der Waals surface area (Å²) < 4.78 is 62.8. The predicted molar refractivity (Wildman–Crippen MR) is 93.1 cm³/mol. The van der Waals surface area contributed by atoms with E-state index >= 15 is 0 Å². The van der Waals surface area contributed by atoms with Crippen LogP contribution in [0.5, 0.6) is 0 Å². The first-order valence-electron chi connectivity index (χ1n) is 7.75. The maximum Gasteiger partial charge on any atom is 0.183 e. The molecule has 1 aliphatic rings. The van der Waals surface area contributed by atoms with E-state index in [1.807, 2.05) is 30.3 Å². The minimum absolute atomic E-state index is 0.0671. The normalized spacial score (nSPS) is 22.8. The van der Waals surface area contributed by atoms with Gasteiger partial charge in [-0.15, -0.1) is 0 Å². The molecule has 0 aromatic heterocycles. The lowest BCUT2D eigenvalue weighted by Crippen LogP contribution is -2.43. The minimum Gasteiger partial charge on any atom is -0.308 e. The summed E-state index contributed by atoms with van der Waals surface area (Å²) >= 11 is 0. The highest BCUT2D eigenvalue weighted by molar-refractivity contribution is 7.96. The number of nitrogens with one attached hydrogen (secondary N) is 1. The van der Waals surface area contributed by atoms with Gasteiger partial charge in [-0.05, 0) is 29.8 Å². The Morgan fingerprint density at radius 3 is 2.28 bits per heavy atom. The van der Waals surface area contributed by atoms with Crippen LogP contribution in [0.4, 0.5) is 4.39 Å². The maximum atomic E-state index is 13.1. The Bertz CT molecular complexity index is 942. The Hall–Kier alpha value is -1.77. The van der Waals surface area contributed by atoms with Gasteiger partial charge in [-0.1, -0.05) is 30.3 Å². The third-order valence-corrected chi connectivity index (χ3v) is 8.42. The molecule has 2 atom stereocenters. The average molecular weight is 383 g/mol. The molecule has 0 amide bonds. The van der Waals surface area contributed by atoms with Gasteiger partial charge in [0.2, 0.25) is 0 Å². The molecule has 0 spiro atoms. The Morgan fingerprint density at radius 2 is 1.64 bits per heavy atom. The van der Waals surface area contributed by atoms with Crippen LogP contribution >= 0.6 is 0 Å². The highest BCUT2D eigenvalue weighted by Gasteiger charge is 2.45. The van der Waals surface area contributed by atoms with Crippen LogP contribution in [-0.4, -0.2) is 39.6 Å². The molecular formula is C17H18FNO4S2. The fourth-order valence-corrected chi connectivity index (χ4v) is 7.67. The summed E-state index contributed by atoms with van der Waals surface area (Å²) in [7, 11) is -7.35. The minimum atomic E-state index is -3.89. The van der Waals surface area contributed by atoms with E-state index in [0.29, 0.717) is 6.54 Å². The zero-order valence-electron chi connectivity index (χ0n) is 13.3. The summed E-state index contributed by atoms with van der Waals surface area (Å²) in [6.45, 7) is 0.371. The first-order chi connectivity index (χ1) is 11.8. The lowest BCUT2D eigenvalue weighted by Gasteiger charge is -2.20. The fourth-order valence-electron chi connectivity index (χ4n) is 2.96. The second-order valence-electron chi connectivity index (χ2n) is 6.09. The monoisotopic (exact) mass is 383 g/mol. The van der Waals surface area contributed by atoms with E-state index in [-0.39, 0.29) is 10.6 Å². The third kappa shape index (κ3) is 4.08. The Labute approximate surface area is 146 Å². The van der Waals surface area contributed by atoms with Crippen molar-refractivity contribution >= 4 is 19.7 Å². The zero-order chi connectivity index (χ0) is 18.1. The molecule has 1 heterocycles. The molecule has 0 unspecified atom stereocenters. The molecule has 0 radical (unpaired) electrons. The highest BCUT2D eigenvalue weighted by Crippen LogP contribution is 2.26. The van der Waals surface area contributed by atoms with Gasteiger partial charge in [-0.2, -0.15) is 0 Å². The molecule has 3 rings (SSSR count). The first-order valence-corrected chi connectivity index (χ1v) is 11.1. The van der Waals surface area contributed by atoms with Gasteiger partial charge in [-0.3, -0.25) is 0 Å². The van der Waals surface area contributed by atoms with E-state index < -0.39 is 42.5 Å². The SMILES string of the molecule is O=S1(=O)C[C@H](NCc2ccccc2)[C@@H](S(=O)(=O)c2ccc(F)cc2)C1. The summed E-state index contributed by atoms with van der Waals surface area (Å²) in [5, 5.41) is 1.97. The molecule has 25 heavy (non-hydrogen) atoms. The molecule has 1 saturated heterocycles. The Kier molecular flexibility index (Phi) is 4.95. The fraction of sp³-hybridized carbons (Fsp3) is 0.294. The third-order valence-electron chi connectivity index (χ3n) is 4.25. The average Bonchev–Trinajstić information content (AvgIpc) is 2.90. The number of hydrogen-bond acceptors (Lipinski definition) is 5. The lowest BCUT2D eigenvalue weighted by molar-refractivity contribution is 0.526. The van der Waals surface area contributed by atoms with Gasteiger partial charge >= 0.3 is 0 Å². The van der Waals surface area contributed by atoms with Gasteiger partial charge in [0.1, 0.15) is 5.82 Å². The van der Waals surface area contributed by atoms with Crippen LogP contribution in [0.1, 0.15) is 5.56 Å². The molecule has 8 heteroatoms. The number of rotatable bonds is 5. The van der Waals surface area contributed by atoms with Crippen molar-refractivity contribution in [2.24, 2.45) is 0 Å². The Balaban J connectivity index is 1.85. The standard InChI is InChI=1S/C17H18FNO4S2/c18-14-6-8-15(9-7-14)25(22,23)17-12-24(20,21)11-16(17)19-10-13-4-2-1-3-5-13/h1-9,16-17,19H,10-12H2/t16-,17-/m0/s1. The van der Waals surface area contributed by atoms with E-state index in [0.717, 1.165) is 17.7 Å². The van der Waals surface area contributed by atoms with Crippen molar-refractivity contribution in [1.82, 2.24) is 5.32 Å². The van der Waals surface area contributed by atoms with E-state index in [9.17, 15) is 21.2 Å². The summed E-state index contributed by atoms with van der Waals surface area (Å²) in [4.78, 5) is -0.0671. The van der Waals surface area contributed by atoms with Crippen molar-refractivity contribution in [2.45, 2.75) is 22.7 Å². The highest BCUT2D eigenvalue weighted by atomic mass is 32.2. The van der Waals surface area contributed by atoms with Gasteiger partial charge < -0.3 is 5.32 Å². The van der Waals surface area contributed by atoms with Crippen molar-refractivity contribution in [2.75, 3.05) is 11.5 Å². The number of hydrogen-bond donors (Lipinski definition) is 1. The molecule has 1 aliphatic heterocycles. The molecule has 1 N–H and O–H groups in total. The van der Waals surface area contributed by atoms with Gasteiger partial charge in [0, 0.05) is 12.6 Å². The molecule has 2 aromatic carbocycles. The molecule has 1 fully saturated rings.